The first-order chi connectivity index (χ1) is 11.8. The molecule has 1 amide bonds. The number of hydrogen-bond acceptors (Lipinski definition) is 3. The number of amides is 1. The molecular formula is C19H32N4O2. The van der Waals surface area contributed by atoms with Crippen molar-refractivity contribution in [3.05, 3.63) is 29.8 Å². The molecule has 1 unspecified atom stereocenters. The second kappa shape index (κ2) is 10.6. The van der Waals surface area contributed by atoms with Crippen LogP contribution in [0.4, 0.5) is 0 Å². The Morgan fingerprint density at radius 2 is 1.80 bits per heavy atom. The summed E-state index contributed by atoms with van der Waals surface area (Å²) in [4.78, 5) is 17.6. The summed E-state index contributed by atoms with van der Waals surface area (Å²) in [5.74, 6) is 1.96. The number of likely N-dealkylation sites (N-methyl/N-ethyl adjacent to an activating group) is 1. The minimum Gasteiger partial charge on any atom is -0.489 e. The molecule has 0 heterocycles. The van der Waals surface area contributed by atoms with Gasteiger partial charge in [-0.25, -0.2) is 4.99 Å². The van der Waals surface area contributed by atoms with E-state index in [0.29, 0.717) is 18.4 Å². The van der Waals surface area contributed by atoms with Crippen molar-refractivity contribution in [3.8, 4) is 5.75 Å². The number of rotatable bonds is 8. The summed E-state index contributed by atoms with van der Waals surface area (Å²) in [6.45, 7) is 9.78. The van der Waals surface area contributed by atoms with Crippen molar-refractivity contribution in [3.63, 3.8) is 0 Å². The molecule has 2 N–H and O–H groups in total. The number of carbonyl (C=O) groups is 1. The van der Waals surface area contributed by atoms with Gasteiger partial charge in [0.15, 0.2) is 5.96 Å². The number of para-hydroxylation sites is 1. The summed E-state index contributed by atoms with van der Waals surface area (Å²) in [5.41, 5.74) is 1.11. The summed E-state index contributed by atoms with van der Waals surface area (Å²) in [6, 6.07) is 7.95. The number of hydrogen-bond donors (Lipinski definition) is 2. The van der Waals surface area contributed by atoms with Gasteiger partial charge < -0.3 is 20.3 Å². The molecule has 0 spiro atoms. The van der Waals surface area contributed by atoms with Gasteiger partial charge in [0.2, 0.25) is 5.91 Å². The molecule has 6 heteroatoms. The number of aliphatic imine (C=N–C) groups is 1. The lowest BCUT2D eigenvalue weighted by atomic mass is 10.2. The summed E-state index contributed by atoms with van der Waals surface area (Å²) in [7, 11) is 3.45. The molecule has 0 aliphatic heterocycles. The van der Waals surface area contributed by atoms with Crippen LogP contribution in [-0.4, -0.2) is 56.6 Å². The Hall–Kier alpha value is -2.24. The normalized spacial score (nSPS) is 12.7. The van der Waals surface area contributed by atoms with Crippen LogP contribution in [0.3, 0.4) is 0 Å². The van der Waals surface area contributed by atoms with E-state index in [1.807, 2.05) is 38.1 Å². The van der Waals surface area contributed by atoms with Crippen LogP contribution in [0, 0.1) is 12.8 Å². The van der Waals surface area contributed by atoms with Crippen molar-refractivity contribution in [1.29, 1.82) is 0 Å². The van der Waals surface area contributed by atoms with E-state index in [1.54, 1.807) is 14.1 Å². The van der Waals surface area contributed by atoms with Gasteiger partial charge in [-0.2, -0.15) is 0 Å². The Labute approximate surface area is 151 Å². The maximum atomic E-state index is 11.7. The van der Waals surface area contributed by atoms with Crippen molar-refractivity contribution < 1.29 is 9.53 Å². The first kappa shape index (κ1) is 20.8. The molecule has 1 aromatic carbocycles. The van der Waals surface area contributed by atoms with Crippen LogP contribution < -0.4 is 15.4 Å². The van der Waals surface area contributed by atoms with E-state index in [-0.39, 0.29) is 18.6 Å². The summed E-state index contributed by atoms with van der Waals surface area (Å²) < 4.78 is 5.96. The number of aryl methyl sites for hydroxylation is 1. The third-order valence-corrected chi connectivity index (χ3v) is 3.53. The van der Waals surface area contributed by atoms with E-state index in [1.165, 1.54) is 4.90 Å². The highest BCUT2D eigenvalue weighted by Crippen LogP contribution is 2.17. The van der Waals surface area contributed by atoms with E-state index < -0.39 is 0 Å². The van der Waals surface area contributed by atoms with Crippen molar-refractivity contribution in [2.24, 2.45) is 10.9 Å². The van der Waals surface area contributed by atoms with Crippen molar-refractivity contribution in [2.75, 3.05) is 33.7 Å². The number of nitrogens with zero attached hydrogens (tertiary/aromatic N) is 2. The molecule has 1 atom stereocenters. The zero-order chi connectivity index (χ0) is 18.8. The van der Waals surface area contributed by atoms with Gasteiger partial charge in [-0.15, -0.1) is 0 Å². The molecule has 0 saturated heterocycles. The second-order valence-electron chi connectivity index (χ2n) is 6.80. The average Bonchev–Trinajstić information content (AvgIpc) is 2.55. The molecule has 0 fully saturated rings. The van der Waals surface area contributed by atoms with E-state index in [0.717, 1.165) is 17.9 Å². The third kappa shape index (κ3) is 8.42. The topological polar surface area (TPSA) is 66.0 Å². The smallest absolute Gasteiger partial charge is 0.243 e. The fourth-order valence-corrected chi connectivity index (χ4v) is 1.95. The fourth-order valence-electron chi connectivity index (χ4n) is 1.95. The van der Waals surface area contributed by atoms with Gasteiger partial charge in [-0.05, 0) is 31.4 Å². The molecule has 0 radical (unpaired) electrons. The standard InChI is InChI=1S/C19H32N4O2/c1-14(2)11-20-19(22-13-18(24)23(5)6)21-12-16(4)25-17-10-8-7-9-15(17)3/h7-10,14,16H,11-13H2,1-6H3,(H2,20,21,22). The van der Waals surface area contributed by atoms with E-state index in [4.69, 9.17) is 4.74 Å². The van der Waals surface area contributed by atoms with Crippen LogP contribution in [0.25, 0.3) is 0 Å². The van der Waals surface area contributed by atoms with E-state index in [9.17, 15) is 4.79 Å². The lowest BCUT2D eigenvalue weighted by Crippen LogP contribution is -2.43. The minimum absolute atomic E-state index is 0.0308. The molecular weight excluding hydrogens is 316 g/mol. The molecule has 25 heavy (non-hydrogen) atoms. The predicted molar refractivity (Wildman–Crippen MR) is 103 cm³/mol. The van der Waals surface area contributed by atoms with Crippen LogP contribution >= 0.6 is 0 Å². The fraction of sp³-hybridized carbons (Fsp3) is 0.579. The Balaban J connectivity index is 2.59. The molecule has 0 bridgehead atoms. The van der Waals surface area contributed by atoms with Gasteiger partial charge >= 0.3 is 0 Å². The zero-order valence-electron chi connectivity index (χ0n) is 16.3. The molecule has 0 saturated carbocycles. The van der Waals surface area contributed by atoms with E-state index >= 15 is 0 Å². The number of nitrogens with one attached hydrogen (secondary N) is 2. The highest BCUT2D eigenvalue weighted by atomic mass is 16.5. The van der Waals surface area contributed by atoms with Gasteiger partial charge in [0.25, 0.3) is 0 Å². The Morgan fingerprint density at radius 1 is 1.16 bits per heavy atom. The second-order valence-corrected chi connectivity index (χ2v) is 6.80. The molecule has 0 aliphatic rings. The van der Waals surface area contributed by atoms with Crippen LogP contribution in [0.2, 0.25) is 0 Å². The van der Waals surface area contributed by atoms with E-state index in [2.05, 4.69) is 29.5 Å². The van der Waals surface area contributed by atoms with Crippen molar-refractivity contribution >= 4 is 11.9 Å². The van der Waals surface area contributed by atoms with Gasteiger partial charge in [0.05, 0.1) is 6.54 Å². The van der Waals surface area contributed by atoms with Crippen LogP contribution in [0.5, 0.6) is 5.75 Å². The highest BCUT2D eigenvalue weighted by Gasteiger charge is 2.09. The zero-order valence-corrected chi connectivity index (χ0v) is 16.3. The van der Waals surface area contributed by atoms with Crippen LogP contribution in [0.15, 0.2) is 29.3 Å². The quantitative estimate of drug-likeness (QED) is 0.557. The van der Waals surface area contributed by atoms with Gasteiger partial charge in [0.1, 0.15) is 18.4 Å². The molecule has 1 aromatic rings. The van der Waals surface area contributed by atoms with Crippen LogP contribution in [0.1, 0.15) is 26.3 Å². The first-order valence-electron chi connectivity index (χ1n) is 8.74. The Kier molecular flexibility index (Phi) is 8.81. The SMILES string of the molecule is Cc1ccccc1OC(C)CNC(=NCC(=O)N(C)C)NCC(C)C. The summed E-state index contributed by atoms with van der Waals surface area (Å²) in [5, 5.41) is 6.51. The van der Waals surface area contributed by atoms with Gasteiger partial charge in [-0.1, -0.05) is 32.0 Å². The lowest BCUT2D eigenvalue weighted by molar-refractivity contribution is -0.127. The number of ether oxygens (including phenoxy) is 1. The predicted octanol–water partition coefficient (Wildman–Crippen LogP) is 2.04. The molecule has 6 nitrogen and oxygen atoms in total. The molecule has 0 aliphatic carbocycles. The van der Waals surface area contributed by atoms with Crippen molar-refractivity contribution in [2.45, 2.75) is 33.8 Å². The van der Waals surface area contributed by atoms with Crippen LogP contribution in [-0.2, 0) is 4.79 Å². The van der Waals surface area contributed by atoms with Gasteiger partial charge in [0, 0.05) is 20.6 Å². The maximum absolute atomic E-state index is 11.7. The third-order valence-electron chi connectivity index (χ3n) is 3.53. The Morgan fingerprint density at radius 3 is 2.40 bits per heavy atom. The van der Waals surface area contributed by atoms with Crippen molar-refractivity contribution in [1.82, 2.24) is 15.5 Å². The summed E-state index contributed by atoms with van der Waals surface area (Å²) in [6.07, 6.45) is -0.0308. The number of guanidine groups is 1. The first-order valence-corrected chi connectivity index (χ1v) is 8.74. The lowest BCUT2D eigenvalue weighted by Gasteiger charge is -2.19. The number of benzene rings is 1. The number of carbonyl (C=O) groups excluding carboxylic acids is 1. The molecule has 140 valence electrons. The largest absolute Gasteiger partial charge is 0.489 e. The monoisotopic (exact) mass is 348 g/mol. The summed E-state index contributed by atoms with van der Waals surface area (Å²) >= 11 is 0. The average molecular weight is 348 g/mol. The Bertz CT molecular complexity index is 570. The van der Waals surface area contributed by atoms with Gasteiger partial charge in [-0.3, -0.25) is 4.79 Å². The maximum Gasteiger partial charge on any atom is 0.243 e. The molecule has 1 rings (SSSR count). The minimum atomic E-state index is -0.0325. The highest BCUT2D eigenvalue weighted by molar-refractivity contribution is 5.84. The molecule has 0 aromatic heterocycles.